The number of rotatable bonds is 1. The predicted molar refractivity (Wildman–Crippen MR) is 105 cm³/mol. The van der Waals surface area contributed by atoms with Gasteiger partial charge in [0.1, 0.15) is 0 Å². The molecule has 2 heterocycles. The van der Waals surface area contributed by atoms with Crippen molar-refractivity contribution in [2.24, 2.45) is 7.05 Å². The zero-order valence-corrected chi connectivity index (χ0v) is 15.2. The molecular formula is C21H21ClN2. The van der Waals surface area contributed by atoms with Crippen LogP contribution in [-0.2, 0) is 7.05 Å². The van der Waals surface area contributed by atoms with Crippen LogP contribution in [-0.4, -0.2) is 9.55 Å². The van der Waals surface area contributed by atoms with Crippen molar-refractivity contribution < 1.29 is 0 Å². The Bertz CT molecular complexity index is 1020. The molecule has 122 valence electrons. The van der Waals surface area contributed by atoms with Crippen LogP contribution in [0.3, 0.4) is 0 Å². The van der Waals surface area contributed by atoms with E-state index in [4.69, 9.17) is 16.6 Å². The summed E-state index contributed by atoms with van der Waals surface area (Å²) in [5.41, 5.74) is 5.66. The van der Waals surface area contributed by atoms with E-state index in [2.05, 4.69) is 55.1 Å². The van der Waals surface area contributed by atoms with Crippen LogP contribution >= 0.6 is 11.6 Å². The SMILES string of the molecule is CC.Cc1cccc2c(-c3ccc4cc(Cl)ccc4n3)cn(C)c12. The summed E-state index contributed by atoms with van der Waals surface area (Å²) in [6.07, 6.45) is 2.15. The molecule has 4 rings (SSSR count). The van der Waals surface area contributed by atoms with Gasteiger partial charge < -0.3 is 4.57 Å². The number of para-hydroxylation sites is 1. The molecule has 0 spiro atoms. The van der Waals surface area contributed by atoms with Crippen LogP contribution in [0.5, 0.6) is 0 Å². The highest BCUT2D eigenvalue weighted by molar-refractivity contribution is 6.31. The molecule has 0 saturated carbocycles. The van der Waals surface area contributed by atoms with Crippen LogP contribution in [0, 0.1) is 6.92 Å². The van der Waals surface area contributed by atoms with E-state index < -0.39 is 0 Å². The lowest BCUT2D eigenvalue weighted by molar-refractivity contribution is 0.964. The summed E-state index contributed by atoms with van der Waals surface area (Å²) in [6, 6.07) is 16.3. The highest BCUT2D eigenvalue weighted by Crippen LogP contribution is 2.32. The third-order valence-corrected chi connectivity index (χ3v) is 4.37. The van der Waals surface area contributed by atoms with Crippen LogP contribution in [0.1, 0.15) is 19.4 Å². The van der Waals surface area contributed by atoms with E-state index in [0.29, 0.717) is 0 Å². The second-order valence-corrected chi connectivity index (χ2v) is 6.09. The Kier molecular flexibility index (Phi) is 4.59. The second kappa shape index (κ2) is 6.66. The van der Waals surface area contributed by atoms with Crippen molar-refractivity contribution in [3.8, 4) is 11.3 Å². The number of nitrogens with zero attached hydrogens (tertiary/aromatic N) is 2. The maximum atomic E-state index is 6.04. The van der Waals surface area contributed by atoms with Crippen LogP contribution in [0.4, 0.5) is 0 Å². The first-order chi connectivity index (χ1) is 11.6. The van der Waals surface area contributed by atoms with Crippen molar-refractivity contribution in [2.75, 3.05) is 0 Å². The molecule has 0 bridgehead atoms. The smallest absolute Gasteiger partial charge is 0.0731 e. The summed E-state index contributed by atoms with van der Waals surface area (Å²) < 4.78 is 2.17. The molecule has 2 aromatic carbocycles. The minimum Gasteiger partial charge on any atom is -0.350 e. The molecule has 0 amide bonds. The minimum absolute atomic E-state index is 0.739. The Hall–Kier alpha value is -2.32. The summed E-state index contributed by atoms with van der Waals surface area (Å²) in [7, 11) is 2.08. The molecule has 0 N–H and O–H groups in total. The number of aromatic nitrogens is 2. The van der Waals surface area contributed by atoms with E-state index in [1.54, 1.807) is 0 Å². The van der Waals surface area contributed by atoms with E-state index in [9.17, 15) is 0 Å². The van der Waals surface area contributed by atoms with Gasteiger partial charge in [0, 0.05) is 34.6 Å². The van der Waals surface area contributed by atoms with Gasteiger partial charge in [-0.15, -0.1) is 0 Å². The Labute approximate surface area is 147 Å². The van der Waals surface area contributed by atoms with Crippen molar-refractivity contribution in [1.82, 2.24) is 9.55 Å². The zero-order chi connectivity index (χ0) is 17.3. The van der Waals surface area contributed by atoms with Crippen molar-refractivity contribution >= 4 is 33.4 Å². The number of hydrogen-bond donors (Lipinski definition) is 0. The normalized spacial score (nSPS) is 10.7. The average molecular weight is 337 g/mol. The molecule has 0 atom stereocenters. The van der Waals surface area contributed by atoms with Gasteiger partial charge in [0.15, 0.2) is 0 Å². The van der Waals surface area contributed by atoms with Gasteiger partial charge in [0.25, 0.3) is 0 Å². The van der Waals surface area contributed by atoms with Gasteiger partial charge in [0.2, 0.25) is 0 Å². The molecule has 0 aliphatic carbocycles. The summed E-state index contributed by atoms with van der Waals surface area (Å²) >= 11 is 6.04. The number of benzene rings is 2. The topological polar surface area (TPSA) is 17.8 Å². The largest absolute Gasteiger partial charge is 0.350 e. The van der Waals surface area contributed by atoms with Crippen LogP contribution in [0.2, 0.25) is 5.02 Å². The van der Waals surface area contributed by atoms with Gasteiger partial charge in [0.05, 0.1) is 16.7 Å². The van der Waals surface area contributed by atoms with Gasteiger partial charge in [-0.05, 0) is 36.8 Å². The molecule has 0 unspecified atom stereocenters. The molecular weight excluding hydrogens is 316 g/mol. The molecule has 2 nitrogen and oxygen atoms in total. The van der Waals surface area contributed by atoms with E-state index in [1.165, 1.54) is 16.5 Å². The Balaban J connectivity index is 0.000000815. The monoisotopic (exact) mass is 336 g/mol. The van der Waals surface area contributed by atoms with Crippen molar-refractivity contribution in [2.45, 2.75) is 20.8 Å². The summed E-state index contributed by atoms with van der Waals surface area (Å²) in [5.74, 6) is 0. The Morgan fingerprint density at radius 3 is 2.58 bits per heavy atom. The Morgan fingerprint density at radius 2 is 1.79 bits per heavy atom. The molecule has 3 heteroatoms. The van der Waals surface area contributed by atoms with Gasteiger partial charge in [-0.1, -0.05) is 49.7 Å². The lowest BCUT2D eigenvalue weighted by Gasteiger charge is -2.03. The van der Waals surface area contributed by atoms with Gasteiger partial charge in [-0.2, -0.15) is 0 Å². The third kappa shape index (κ3) is 2.78. The van der Waals surface area contributed by atoms with Gasteiger partial charge in [-0.3, -0.25) is 0 Å². The van der Waals surface area contributed by atoms with Crippen molar-refractivity contribution in [3.63, 3.8) is 0 Å². The van der Waals surface area contributed by atoms with Crippen LogP contribution in [0.15, 0.2) is 54.7 Å². The quantitative estimate of drug-likeness (QED) is 0.394. The number of halogens is 1. The fourth-order valence-corrected chi connectivity index (χ4v) is 3.30. The molecule has 0 fully saturated rings. The van der Waals surface area contributed by atoms with E-state index in [-0.39, 0.29) is 0 Å². The van der Waals surface area contributed by atoms with E-state index >= 15 is 0 Å². The molecule has 0 aliphatic rings. The first-order valence-corrected chi connectivity index (χ1v) is 8.62. The number of pyridine rings is 1. The summed E-state index contributed by atoms with van der Waals surface area (Å²) in [5, 5.41) is 3.04. The van der Waals surface area contributed by atoms with Gasteiger partial charge >= 0.3 is 0 Å². The summed E-state index contributed by atoms with van der Waals surface area (Å²) in [4.78, 5) is 4.81. The van der Waals surface area contributed by atoms with E-state index in [1.807, 2.05) is 32.0 Å². The lowest BCUT2D eigenvalue weighted by Crippen LogP contribution is -1.86. The van der Waals surface area contributed by atoms with Gasteiger partial charge in [-0.25, -0.2) is 4.98 Å². The fourth-order valence-electron chi connectivity index (χ4n) is 3.12. The second-order valence-electron chi connectivity index (χ2n) is 5.66. The predicted octanol–water partition coefficient (Wildman–Crippen LogP) is 6.38. The number of hydrogen-bond acceptors (Lipinski definition) is 1. The molecule has 4 aromatic rings. The number of fused-ring (bicyclic) bond motifs is 2. The minimum atomic E-state index is 0.739. The molecule has 2 aromatic heterocycles. The molecule has 0 radical (unpaired) electrons. The van der Waals surface area contributed by atoms with E-state index in [0.717, 1.165) is 27.2 Å². The maximum absolute atomic E-state index is 6.04. The molecule has 24 heavy (non-hydrogen) atoms. The Morgan fingerprint density at radius 1 is 1.00 bits per heavy atom. The third-order valence-electron chi connectivity index (χ3n) is 4.13. The van der Waals surface area contributed by atoms with Crippen LogP contribution < -0.4 is 0 Å². The molecule has 0 saturated heterocycles. The number of aryl methyl sites for hydroxylation is 2. The fraction of sp³-hybridized carbons (Fsp3) is 0.190. The first-order valence-electron chi connectivity index (χ1n) is 8.25. The zero-order valence-electron chi connectivity index (χ0n) is 14.5. The van der Waals surface area contributed by atoms with Crippen molar-refractivity contribution in [1.29, 1.82) is 0 Å². The molecule has 0 aliphatic heterocycles. The standard InChI is InChI=1S/C19H15ClN2.C2H6/c1-12-4-3-5-15-16(11-22(2)19(12)15)18-8-6-13-10-14(20)7-9-17(13)21-18;1-2/h3-11H,1-2H3;1-2H3. The highest BCUT2D eigenvalue weighted by atomic mass is 35.5. The highest BCUT2D eigenvalue weighted by Gasteiger charge is 2.11. The lowest BCUT2D eigenvalue weighted by atomic mass is 10.1. The average Bonchev–Trinajstić information content (AvgIpc) is 2.94. The maximum Gasteiger partial charge on any atom is 0.0731 e. The van der Waals surface area contributed by atoms with Crippen LogP contribution in [0.25, 0.3) is 33.1 Å². The summed E-state index contributed by atoms with van der Waals surface area (Å²) in [6.45, 7) is 6.14. The first kappa shape index (κ1) is 16.5. The van der Waals surface area contributed by atoms with Crippen molar-refractivity contribution in [3.05, 3.63) is 65.3 Å².